The number of carbonyl (C=O) groups is 1. The van der Waals surface area contributed by atoms with Gasteiger partial charge in [-0.05, 0) is 23.8 Å². The van der Waals surface area contributed by atoms with Crippen molar-refractivity contribution in [3.63, 3.8) is 0 Å². The Hall–Kier alpha value is -2.15. The van der Waals surface area contributed by atoms with Crippen molar-refractivity contribution < 1.29 is 9.72 Å². The number of nitro groups is 1. The molecule has 0 fully saturated rings. The Kier molecular flexibility index (Phi) is 3.97. The van der Waals surface area contributed by atoms with Crippen molar-refractivity contribution in [3.8, 4) is 0 Å². The Balaban J connectivity index is 1.97. The van der Waals surface area contributed by atoms with Crippen LogP contribution in [0.5, 0.6) is 0 Å². The van der Waals surface area contributed by atoms with Crippen LogP contribution in [0.2, 0.25) is 10.0 Å². The summed E-state index contributed by atoms with van der Waals surface area (Å²) in [5.41, 5.74) is 7.60. The van der Waals surface area contributed by atoms with E-state index in [-0.39, 0.29) is 18.1 Å². The molecule has 0 aromatic heterocycles. The number of carbonyl (C=O) groups excluding carboxylic acids is 1. The van der Waals surface area contributed by atoms with Gasteiger partial charge in [-0.25, -0.2) is 0 Å². The summed E-state index contributed by atoms with van der Waals surface area (Å²) in [6.45, 7) is 0.258. The molecular weight excluding hydrogens is 341 g/mol. The maximum atomic E-state index is 12.4. The number of halogens is 2. The molecule has 8 heteroatoms. The highest BCUT2D eigenvalue weighted by Gasteiger charge is 2.36. The van der Waals surface area contributed by atoms with Gasteiger partial charge in [0.05, 0.1) is 21.5 Å². The minimum atomic E-state index is -0.910. The van der Waals surface area contributed by atoms with Crippen molar-refractivity contribution >= 4 is 40.5 Å². The lowest BCUT2D eigenvalue weighted by molar-refractivity contribution is -0.384. The molecule has 0 saturated carbocycles. The molecule has 3 rings (SSSR count). The fourth-order valence-electron chi connectivity index (χ4n) is 2.55. The SMILES string of the molecule is N[C@@H]1C(=O)N(Cc2ccc(Cl)c(Cl)c2)c2ccc([N+](=O)[O-])cc21. The molecule has 23 heavy (non-hydrogen) atoms. The van der Waals surface area contributed by atoms with Crippen molar-refractivity contribution in [2.75, 3.05) is 4.90 Å². The molecule has 2 N–H and O–H groups in total. The molecule has 1 amide bonds. The third kappa shape index (κ3) is 2.76. The van der Waals surface area contributed by atoms with Gasteiger partial charge in [0, 0.05) is 23.4 Å². The molecule has 1 heterocycles. The van der Waals surface area contributed by atoms with Gasteiger partial charge in [0.15, 0.2) is 0 Å². The number of nitro benzene ring substituents is 1. The Morgan fingerprint density at radius 2 is 1.91 bits per heavy atom. The molecule has 1 aliphatic heterocycles. The van der Waals surface area contributed by atoms with Crippen LogP contribution in [0.1, 0.15) is 17.2 Å². The maximum absolute atomic E-state index is 12.4. The fourth-order valence-corrected chi connectivity index (χ4v) is 2.87. The number of fused-ring (bicyclic) bond motifs is 1. The van der Waals surface area contributed by atoms with Crippen molar-refractivity contribution in [1.82, 2.24) is 0 Å². The molecule has 118 valence electrons. The number of nitrogens with zero attached hydrogens (tertiary/aromatic N) is 2. The third-order valence-electron chi connectivity index (χ3n) is 3.70. The number of hydrogen-bond donors (Lipinski definition) is 1. The second-order valence-corrected chi connectivity index (χ2v) is 5.97. The summed E-state index contributed by atoms with van der Waals surface area (Å²) < 4.78 is 0. The van der Waals surface area contributed by atoms with Gasteiger partial charge in [0.25, 0.3) is 5.69 Å². The summed E-state index contributed by atoms with van der Waals surface area (Å²) in [6, 6.07) is 8.40. The molecule has 0 spiro atoms. The van der Waals surface area contributed by atoms with E-state index in [1.807, 2.05) is 0 Å². The highest BCUT2D eigenvalue weighted by Crippen LogP contribution is 2.38. The lowest BCUT2D eigenvalue weighted by Gasteiger charge is -2.18. The fraction of sp³-hybridized carbons (Fsp3) is 0.133. The lowest BCUT2D eigenvalue weighted by atomic mass is 10.1. The minimum Gasteiger partial charge on any atom is -0.316 e. The zero-order valence-corrected chi connectivity index (χ0v) is 13.2. The molecule has 1 atom stereocenters. The first-order valence-electron chi connectivity index (χ1n) is 6.67. The number of anilines is 1. The van der Waals surface area contributed by atoms with Crippen molar-refractivity contribution in [2.45, 2.75) is 12.6 Å². The van der Waals surface area contributed by atoms with Gasteiger partial charge in [0.2, 0.25) is 5.91 Å². The van der Waals surface area contributed by atoms with Crippen LogP contribution >= 0.6 is 23.2 Å². The van der Waals surface area contributed by atoms with Gasteiger partial charge in [-0.2, -0.15) is 0 Å². The number of rotatable bonds is 3. The molecule has 0 radical (unpaired) electrons. The van der Waals surface area contributed by atoms with E-state index in [1.165, 1.54) is 23.1 Å². The quantitative estimate of drug-likeness (QED) is 0.677. The van der Waals surface area contributed by atoms with Crippen LogP contribution in [0.3, 0.4) is 0 Å². The first-order chi connectivity index (χ1) is 10.9. The number of benzene rings is 2. The number of amides is 1. The number of hydrogen-bond acceptors (Lipinski definition) is 4. The van der Waals surface area contributed by atoms with Gasteiger partial charge < -0.3 is 10.6 Å². The van der Waals surface area contributed by atoms with E-state index in [1.54, 1.807) is 18.2 Å². The summed E-state index contributed by atoms with van der Waals surface area (Å²) in [5.74, 6) is -0.313. The Morgan fingerprint density at radius 1 is 1.17 bits per heavy atom. The van der Waals surface area contributed by atoms with Crippen LogP contribution in [-0.4, -0.2) is 10.8 Å². The molecular formula is C15H11Cl2N3O3. The third-order valence-corrected chi connectivity index (χ3v) is 4.44. The van der Waals surface area contributed by atoms with Crippen molar-refractivity contribution in [3.05, 3.63) is 67.7 Å². The van der Waals surface area contributed by atoms with E-state index >= 15 is 0 Å². The average molecular weight is 352 g/mol. The minimum absolute atomic E-state index is 0.0941. The molecule has 0 saturated heterocycles. The highest BCUT2D eigenvalue weighted by atomic mass is 35.5. The van der Waals surface area contributed by atoms with Crippen LogP contribution < -0.4 is 10.6 Å². The lowest BCUT2D eigenvalue weighted by Crippen LogP contribution is -2.31. The van der Waals surface area contributed by atoms with E-state index in [9.17, 15) is 14.9 Å². The zero-order valence-electron chi connectivity index (χ0n) is 11.7. The molecule has 0 unspecified atom stereocenters. The smallest absolute Gasteiger partial charge is 0.269 e. The van der Waals surface area contributed by atoms with Crippen molar-refractivity contribution in [1.29, 1.82) is 0 Å². The maximum Gasteiger partial charge on any atom is 0.269 e. The second-order valence-electron chi connectivity index (χ2n) is 5.15. The number of non-ortho nitro benzene ring substituents is 1. The predicted molar refractivity (Wildman–Crippen MR) is 87.7 cm³/mol. The van der Waals surface area contributed by atoms with Gasteiger partial charge in [-0.1, -0.05) is 29.3 Å². The first-order valence-corrected chi connectivity index (χ1v) is 7.43. The monoisotopic (exact) mass is 351 g/mol. The first kappa shape index (κ1) is 15.7. The van der Waals surface area contributed by atoms with E-state index in [4.69, 9.17) is 28.9 Å². The molecule has 2 aromatic carbocycles. The van der Waals surface area contributed by atoms with Gasteiger partial charge in [-0.15, -0.1) is 0 Å². The normalized spacial score (nSPS) is 16.6. The van der Waals surface area contributed by atoms with Gasteiger partial charge >= 0.3 is 0 Å². The molecule has 1 aliphatic rings. The van der Waals surface area contributed by atoms with E-state index in [0.717, 1.165) is 5.56 Å². The summed E-state index contributed by atoms with van der Waals surface area (Å²) in [4.78, 5) is 24.2. The summed E-state index contributed by atoms with van der Waals surface area (Å²) >= 11 is 11.9. The summed E-state index contributed by atoms with van der Waals surface area (Å²) in [7, 11) is 0. The van der Waals surface area contributed by atoms with Crippen LogP contribution in [0.15, 0.2) is 36.4 Å². The molecule has 2 aromatic rings. The molecule has 0 bridgehead atoms. The Morgan fingerprint density at radius 3 is 2.57 bits per heavy atom. The Labute approximate surface area is 141 Å². The van der Waals surface area contributed by atoms with E-state index in [0.29, 0.717) is 21.3 Å². The topological polar surface area (TPSA) is 89.5 Å². The van der Waals surface area contributed by atoms with E-state index < -0.39 is 11.0 Å². The van der Waals surface area contributed by atoms with Gasteiger partial charge in [-0.3, -0.25) is 14.9 Å². The van der Waals surface area contributed by atoms with Gasteiger partial charge in [0.1, 0.15) is 6.04 Å². The largest absolute Gasteiger partial charge is 0.316 e. The van der Waals surface area contributed by atoms with Crippen LogP contribution in [0, 0.1) is 10.1 Å². The standard InChI is InChI=1S/C15H11Cl2N3O3/c16-11-3-1-8(5-12(11)17)7-19-13-4-2-9(20(22)23)6-10(13)14(18)15(19)21/h1-6,14H,7,18H2/t14-/m0/s1. The predicted octanol–water partition coefficient (Wildman–Crippen LogP) is 3.45. The van der Waals surface area contributed by atoms with Crippen LogP contribution in [0.25, 0.3) is 0 Å². The molecule has 0 aliphatic carbocycles. The van der Waals surface area contributed by atoms with E-state index in [2.05, 4.69) is 0 Å². The average Bonchev–Trinajstić information content (AvgIpc) is 2.75. The summed E-state index contributed by atoms with van der Waals surface area (Å²) in [5, 5.41) is 11.7. The highest BCUT2D eigenvalue weighted by molar-refractivity contribution is 6.42. The zero-order chi connectivity index (χ0) is 16.7. The van der Waals surface area contributed by atoms with Crippen LogP contribution in [-0.2, 0) is 11.3 Å². The van der Waals surface area contributed by atoms with Crippen LogP contribution in [0.4, 0.5) is 11.4 Å². The summed E-state index contributed by atoms with van der Waals surface area (Å²) in [6.07, 6.45) is 0. The Bertz CT molecular complexity index is 826. The number of nitrogens with two attached hydrogens (primary N) is 1. The van der Waals surface area contributed by atoms with Crippen molar-refractivity contribution in [2.24, 2.45) is 5.73 Å². The second kappa shape index (κ2) is 5.81. The molecule has 6 nitrogen and oxygen atoms in total.